The maximum absolute atomic E-state index is 12.9. The van der Waals surface area contributed by atoms with Crippen molar-refractivity contribution in [3.05, 3.63) is 58.6 Å². The SMILES string of the molecule is CN(CC(=O)Nc1ccc(Cl)c(C(F)(F)F)c1)C(=O)/C=C/c1ccc2c(c1)OCO2. The first-order valence-corrected chi connectivity index (χ1v) is 9.01. The van der Waals surface area contributed by atoms with Gasteiger partial charge in [0.15, 0.2) is 11.5 Å². The molecule has 2 aromatic carbocycles. The smallest absolute Gasteiger partial charge is 0.417 e. The number of alkyl halides is 3. The zero-order valence-electron chi connectivity index (χ0n) is 15.6. The number of carbonyl (C=O) groups excluding carboxylic acids is 2. The van der Waals surface area contributed by atoms with Gasteiger partial charge in [0.05, 0.1) is 17.1 Å². The van der Waals surface area contributed by atoms with Gasteiger partial charge in [0, 0.05) is 18.8 Å². The van der Waals surface area contributed by atoms with Crippen LogP contribution in [0, 0.1) is 0 Å². The van der Waals surface area contributed by atoms with Gasteiger partial charge in [0.2, 0.25) is 18.6 Å². The third kappa shape index (κ3) is 5.24. The summed E-state index contributed by atoms with van der Waals surface area (Å²) in [6, 6.07) is 8.19. The van der Waals surface area contributed by atoms with Gasteiger partial charge in [-0.2, -0.15) is 13.2 Å². The first-order valence-electron chi connectivity index (χ1n) is 8.63. The normalized spacial score (nSPS) is 12.8. The fraction of sp³-hybridized carbons (Fsp3) is 0.200. The zero-order chi connectivity index (χ0) is 21.9. The maximum Gasteiger partial charge on any atom is 0.417 e. The Morgan fingerprint density at radius 2 is 1.90 bits per heavy atom. The third-order valence-corrected chi connectivity index (χ3v) is 4.46. The van der Waals surface area contributed by atoms with E-state index in [1.165, 1.54) is 19.2 Å². The number of likely N-dealkylation sites (N-methyl/N-ethyl adjacent to an activating group) is 1. The fourth-order valence-corrected chi connectivity index (χ4v) is 2.85. The molecule has 0 unspecified atom stereocenters. The molecular formula is C20H16ClF3N2O4. The molecule has 1 aliphatic rings. The highest BCUT2D eigenvalue weighted by Crippen LogP contribution is 2.36. The number of nitrogens with one attached hydrogen (secondary N) is 1. The minimum atomic E-state index is -4.65. The zero-order valence-corrected chi connectivity index (χ0v) is 16.4. The minimum absolute atomic E-state index is 0.0755. The van der Waals surface area contributed by atoms with E-state index in [-0.39, 0.29) is 19.0 Å². The van der Waals surface area contributed by atoms with Crippen LogP contribution in [0.2, 0.25) is 5.02 Å². The molecule has 3 rings (SSSR count). The van der Waals surface area contributed by atoms with E-state index in [4.69, 9.17) is 21.1 Å². The Morgan fingerprint density at radius 3 is 2.63 bits per heavy atom. The Kier molecular flexibility index (Phi) is 6.21. The Hall–Kier alpha value is -3.20. The summed E-state index contributed by atoms with van der Waals surface area (Å²) in [4.78, 5) is 25.4. The van der Waals surface area contributed by atoms with E-state index < -0.39 is 28.6 Å². The Labute approximate surface area is 174 Å². The van der Waals surface area contributed by atoms with Crippen molar-refractivity contribution >= 4 is 35.2 Å². The van der Waals surface area contributed by atoms with Gasteiger partial charge in [-0.1, -0.05) is 17.7 Å². The van der Waals surface area contributed by atoms with Crippen LogP contribution in [0.3, 0.4) is 0 Å². The van der Waals surface area contributed by atoms with Crippen LogP contribution in [-0.2, 0) is 15.8 Å². The number of benzene rings is 2. The van der Waals surface area contributed by atoms with Crippen molar-refractivity contribution in [3.8, 4) is 11.5 Å². The van der Waals surface area contributed by atoms with E-state index in [2.05, 4.69) is 5.32 Å². The van der Waals surface area contributed by atoms with E-state index in [1.807, 2.05) is 0 Å². The van der Waals surface area contributed by atoms with E-state index in [1.54, 1.807) is 24.3 Å². The number of rotatable bonds is 5. The van der Waals surface area contributed by atoms with Crippen LogP contribution in [0.4, 0.5) is 18.9 Å². The molecule has 6 nitrogen and oxygen atoms in total. The number of halogens is 4. The van der Waals surface area contributed by atoms with Crippen LogP contribution in [0.1, 0.15) is 11.1 Å². The molecule has 0 saturated carbocycles. The summed E-state index contributed by atoms with van der Waals surface area (Å²) in [5.41, 5.74) is -0.433. The second-order valence-electron chi connectivity index (χ2n) is 6.38. The Balaban J connectivity index is 1.58. The summed E-state index contributed by atoms with van der Waals surface area (Å²) in [7, 11) is 1.40. The van der Waals surface area contributed by atoms with Gasteiger partial charge in [-0.05, 0) is 42.0 Å². The number of nitrogens with zero attached hydrogens (tertiary/aromatic N) is 1. The van der Waals surface area contributed by atoms with Crippen molar-refractivity contribution in [2.75, 3.05) is 25.7 Å². The largest absolute Gasteiger partial charge is 0.454 e. The van der Waals surface area contributed by atoms with Crippen LogP contribution in [-0.4, -0.2) is 37.1 Å². The highest BCUT2D eigenvalue weighted by Gasteiger charge is 2.33. The monoisotopic (exact) mass is 440 g/mol. The molecule has 0 aromatic heterocycles. The molecule has 0 fully saturated rings. The molecule has 0 radical (unpaired) electrons. The van der Waals surface area contributed by atoms with Crippen molar-refractivity contribution in [3.63, 3.8) is 0 Å². The lowest BCUT2D eigenvalue weighted by atomic mass is 10.2. The average molecular weight is 441 g/mol. The molecule has 0 atom stereocenters. The summed E-state index contributed by atoms with van der Waals surface area (Å²) < 4.78 is 49.2. The topological polar surface area (TPSA) is 67.9 Å². The summed E-state index contributed by atoms with van der Waals surface area (Å²) in [6.07, 6.45) is -1.83. The van der Waals surface area contributed by atoms with E-state index in [0.717, 1.165) is 17.0 Å². The third-order valence-electron chi connectivity index (χ3n) is 4.13. The molecule has 10 heteroatoms. The van der Waals surface area contributed by atoms with Gasteiger partial charge in [-0.15, -0.1) is 0 Å². The van der Waals surface area contributed by atoms with E-state index >= 15 is 0 Å². The second-order valence-corrected chi connectivity index (χ2v) is 6.79. The highest BCUT2D eigenvalue weighted by molar-refractivity contribution is 6.31. The number of anilines is 1. The van der Waals surface area contributed by atoms with Crippen LogP contribution < -0.4 is 14.8 Å². The molecule has 0 aliphatic carbocycles. The number of fused-ring (bicyclic) bond motifs is 1. The lowest BCUT2D eigenvalue weighted by molar-refractivity contribution is -0.137. The van der Waals surface area contributed by atoms with Crippen molar-refractivity contribution in [1.82, 2.24) is 4.90 Å². The van der Waals surface area contributed by atoms with Crippen molar-refractivity contribution < 1.29 is 32.2 Å². The lowest BCUT2D eigenvalue weighted by Gasteiger charge is -2.16. The van der Waals surface area contributed by atoms with E-state index in [9.17, 15) is 22.8 Å². The Morgan fingerprint density at radius 1 is 1.17 bits per heavy atom. The first-order chi connectivity index (χ1) is 14.1. The van der Waals surface area contributed by atoms with Crippen LogP contribution in [0.5, 0.6) is 11.5 Å². The number of carbonyl (C=O) groups is 2. The summed E-state index contributed by atoms with van der Waals surface area (Å²) in [5, 5.41) is 1.85. The molecule has 1 aliphatic heterocycles. The molecule has 2 aromatic rings. The number of hydrogen-bond acceptors (Lipinski definition) is 4. The van der Waals surface area contributed by atoms with Crippen molar-refractivity contribution in [1.29, 1.82) is 0 Å². The predicted octanol–water partition coefficient (Wildman–Crippen LogP) is 4.20. The maximum atomic E-state index is 12.9. The highest BCUT2D eigenvalue weighted by atomic mass is 35.5. The number of ether oxygens (including phenoxy) is 2. The molecule has 30 heavy (non-hydrogen) atoms. The number of hydrogen-bond donors (Lipinski definition) is 1. The van der Waals surface area contributed by atoms with Gasteiger partial charge in [-0.3, -0.25) is 9.59 Å². The van der Waals surface area contributed by atoms with Gasteiger partial charge in [-0.25, -0.2) is 0 Å². The minimum Gasteiger partial charge on any atom is -0.454 e. The van der Waals surface area contributed by atoms with Crippen molar-refractivity contribution in [2.24, 2.45) is 0 Å². The number of amides is 2. The van der Waals surface area contributed by atoms with Gasteiger partial charge in [0.25, 0.3) is 0 Å². The molecule has 1 N–H and O–H groups in total. The summed E-state index contributed by atoms with van der Waals surface area (Å²) in [6.45, 7) is -0.217. The standard InChI is InChI=1S/C20H16ClF3N2O4/c1-26(19(28)7-3-12-2-6-16-17(8-12)30-11-29-16)10-18(27)25-13-4-5-15(21)14(9-13)20(22,23)24/h2-9H,10-11H2,1H3,(H,25,27)/b7-3+. The molecular weight excluding hydrogens is 425 g/mol. The summed E-state index contributed by atoms with van der Waals surface area (Å²) >= 11 is 5.55. The average Bonchev–Trinajstić information content (AvgIpc) is 3.14. The first kappa shape index (κ1) is 21.5. The van der Waals surface area contributed by atoms with Gasteiger partial charge < -0.3 is 19.7 Å². The lowest BCUT2D eigenvalue weighted by Crippen LogP contribution is -2.33. The second kappa shape index (κ2) is 8.66. The van der Waals surface area contributed by atoms with Crippen LogP contribution >= 0.6 is 11.6 Å². The molecule has 2 amide bonds. The summed E-state index contributed by atoms with van der Waals surface area (Å²) in [5.74, 6) is 0.0642. The van der Waals surface area contributed by atoms with Gasteiger partial charge >= 0.3 is 6.18 Å². The molecule has 0 spiro atoms. The molecule has 0 saturated heterocycles. The molecule has 0 bridgehead atoms. The Bertz CT molecular complexity index is 1010. The fourth-order valence-electron chi connectivity index (χ4n) is 2.63. The van der Waals surface area contributed by atoms with Crippen LogP contribution in [0.15, 0.2) is 42.5 Å². The van der Waals surface area contributed by atoms with Crippen molar-refractivity contribution in [2.45, 2.75) is 6.18 Å². The van der Waals surface area contributed by atoms with E-state index in [0.29, 0.717) is 17.1 Å². The quantitative estimate of drug-likeness (QED) is 0.708. The molecule has 158 valence electrons. The van der Waals surface area contributed by atoms with Gasteiger partial charge in [0.1, 0.15) is 0 Å². The predicted molar refractivity (Wildman–Crippen MR) is 104 cm³/mol. The van der Waals surface area contributed by atoms with Crippen LogP contribution in [0.25, 0.3) is 6.08 Å². The molecule has 1 heterocycles.